The number of guanidine groups is 1. The molecule has 0 spiro atoms. The second-order valence-corrected chi connectivity index (χ2v) is 7.34. The van der Waals surface area contributed by atoms with Gasteiger partial charge < -0.3 is 20.3 Å². The first kappa shape index (κ1) is 24.3. The Hall–Kier alpha value is -0.730. The molecule has 0 aliphatic carbocycles. The average molecular weight is 509 g/mol. The maximum Gasteiger partial charge on any atom is 0.191 e. The Morgan fingerprint density at radius 1 is 1.30 bits per heavy atom. The molecule has 2 rings (SSSR count). The fraction of sp³-hybridized carbons (Fsp3) is 0.650. The molecular formula is C20H34ClIN4O. The molecule has 0 amide bonds. The summed E-state index contributed by atoms with van der Waals surface area (Å²) in [5.74, 6) is 2.50. The molecule has 5 nitrogen and oxygen atoms in total. The van der Waals surface area contributed by atoms with Gasteiger partial charge in [0.1, 0.15) is 5.75 Å². The van der Waals surface area contributed by atoms with E-state index in [0.717, 1.165) is 54.3 Å². The molecule has 1 fully saturated rings. The Morgan fingerprint density at radius 2 is 2.04 bits per heavy atom. The lowest BCUT2D eigenvalue weighted by Gasteiger charge is -2.28. The Bertz CT molecular complexity index is 577. The molecule has 0 radical (unpaired) electrons. The second-order valence-electron chi connectivity index (χ2n) is 6.93. The molecule has 1 aromatic rings. The zero-order valence-electron chi connectivity index (χ0n) is 16.8. The number of halogens is 2. The van der Waals surface area contributed by atoms with Crippen LogP contribution in [-0.2, 0) is 6.42 Å². The van der Waals surface area contributed by atoms with Crippen LogP contribution in [-0.4, -0.2) is 57.7 Å². The third kappa shape index (κ3) is 8.87. The number of nitrogens with zero attached hydrogens (tertiary/aromatic N) is 2. The molecule has 2 N–H and O–H groups in total. The highest BCUT2D eigenvalue weighted by atomic mass is 127. The number of piperidine rings is 1. The van der Waals surface area contributed by atoms with E-state index in [-0.39, 0.29) is 24.0 Å². The van der Waals surface area contributed by atoms with E-state index < -0.39 is 0 Å². The third-order valence-electron chi connectivity index (χ3n) is 4.94. The highest BCUT2D eigenvalue weighted by Crippen LogP contribution is 2.22. The van der Waals surface area contributed by atoms with Crippen molar-refractivity contribution in [1.82, 2.24) is 15.5 Å². The molecule has 0 unspecified atom stereocenters. The molecule has 1 heterocycles. The number of rotatable bonds is 8. The number of methoxy groups -OCH3 is 1. The van der Waals surface area contributed by atoms with Gasteiger partial charge in [0.25, 0.3) is 0 Å². The summed E-state index contributed by atoms with van der Waals surface area (Å²) < 4.78 is 5.19. The Labute approximate surface area is 186 Å². The fourth-order valence-electron chi connectivity index (χ4n) is 3.22. The minimum Gasteiger partial charge on any atom is -0.497 e. The summed E-state index contributed by atoms with van der Waals surface area (Å²) >= 11 is 6.31. The van der Waals surface area contributed by atoms with Crippen LogP contribution in [0.5, 0.6) is 5.75 Å². The van der Waals surface area contributed by atoms with Gasteiger partial charge in [-0.2, -0.15) is 0 Å². The number of hydrogen-bond donors (Lipinski definition) is 2. The zero-order valence-corrected chi connectivity index (χ0v) is 19.8. The predicted octanol–water partition coefficient (Wildman–Crippen LogP) is 3.80. The topological polar surface area (TPSA) is 48.9 Å². The maximum absolute atomic E-state index is 6.31. The van der Waals surface area contributed by atoms with Gasteiger partial charge in [-0.15, -0.1) is 24.0 Å². The summed E-state index contributed by atoms with van der Waals surface area (Å²) in [5, 5.41) is 7.48. The average Bonchev–Trinajstić information content (AvgIpc) is 2.64. The summed E-state index contributed by atoms with van der Waals surface area (Å²) in [6, 6.07) is 5.83. The lowest BCUT2D eigenvalue weighted by atomic mass is 9.94. The number of nitrogens with one attached hydrogen (secondary N) is 2. The van der Waals surface area contributed by atoms with Gasteiger partial charge in [0.05, 0.1) is 7.11 Å². The molecule has 1 aliphatic rings. The lowest BCUT2D eigenvalue weighted by molar-refractivity contribution is 0.214. The van der Waals surface area contributed by atoms with E-state index in [1.54, 1.807) is 7.11 Å². The summed E-state index contributed by atoms with van der Waals surface area (Å²) in [6.07, 6.45) is 4.62. The highest BCUT2D eigenvalue weighted by molar-refractivity contribution is 14.0. The molecule has 0 saturated carbocycles. The van der Waals surface area contributed by atoms with E-state index in [0.29, 0.717) is 0 Å². The van der Waals surface area contributed by atoms with E-state index in [1.165, 1.54) is 32.4 Å². The second kappa shape index (κ2) is 13.4. The molecule has 154 valence electrons. The standard InChI is InChI=1S/C20H33ClN4O.HI/c1-4-22-20(23-11-7-16-9-13-25(2)14-10-16)24-12-8-17-5-6-18(26-3)15-19(17)21;/h5-6,15-16H,4,7-14H2,1-3H3,(H2,22,23,24);1H. The summed E-state index contributed by atoms with van der Waals surface area (Å²) in [6.45, 7) is 7.07. The molecule has 27 heavy (non-hydrogen) atoms. The van der Waals surface area contributed by atoms with Gasteiger partial charge in [-0.05, 0) is 76.4 Å². The van der Waals surface area contributed by atoms with Gasteiger partial charge >= 0.3 is 0 Å². The van der Waals surface area contributed by atoms with Crippen molar-refractivity contribution in [2.45, 2.75) is 32.6 Å². The summed E-state index contributed by atoms with van der Waals surface area (Å²) in [4.78, 5) is 7.15. The van der Waals surface area contributed by atoms with Crippen LogP contribution >= 0.6 is 35.6 Å². The van der Waals surface area contributed by atoms with Crippen molar-refractivity contribution in [1.29, 1.82) is 0 Å². The smallest absolute Gasteiger partial charge is 0.191 e. The van der Waals surface area contributed by atoms with Crippen LogP contribution in [0.3, 0.4) is 0 Å². The third-order valence-corrected chi connectivity index (χ3v) is 5.29. The summed E-state index contributed by atoms with van der Waals surface area (Å²) in [7, 11) is 3.86. The van der Waals surface area contributed by atoms with Gasteiger partial charge in [-0.3, -0.25) is 4.99 Å². The molecule has 7 heteroatoms. The van der Waals surface area contributed by atoms with Crippen molar-refractivity contribution in [2.24, 2.45) is 10.9 Å². The van der Waals surface area contributed by atoms with Gasteiger partial charge in [-0.25, -0.2) is 0 Å². The van der Waals surface area contributed by atoms with Crippen molar-refractivity contribution in [3.63, 3.8) is 0 Å². The highest BCUT2D eigenvalue weighted by Gasteiger charge is 2.15. The van der Waals surface area contributed by atoms with Crippen LogP contribution in [0.15, 0.2) is 23.2 Å². The Balaban J connectivity index is 0.00000364. The van der Waals surface area contributed by atoms with E-state index in [1.807, 2.05) is 18.2 Å². The SMILES string of the molecule is CCNC(=NCCC1CCN(C)CC1)NCCc1ccc(OC)cc1Cl.I. The van der Waals surface area contributed by atoms with Crippen molar-refractivity contribution in [3.8, 4) is 5.75 Å². The fourth-order valence-corrected chi connectivity index (χ4v) is 3.49. The number of aliphatic imine (C=N–C) groups is 1. The van der Waals surface area contributed by atoms with Crippen molar-refractivity contribution >= 4 is 41.5 Å². The van der Waals surface area contributed by atoms with Crippen LogP contribution in [0, 0.1) is 5.92 Å². The van der Waals surface area contributed by atoms with Crippen LogP contribution in [0.2, 0.25) is 5.02 Å². The minimum absolute atomic E-state index is 0. The number of hydrogen-bond acceptors (Lipinski definition) is 3. The molecule has 0 atom stereocenters. The van der Waals surface area contributed by atoms with Crippen LogP contribution in [0.25, 0.3) is 0 Å². The van der Waals surface area contributed by atoms with E-state index in [2.05, 4.69) is 29.5 Å². The first-order valence-electron chi connectivity index (χ1n) is 9.65. The molecule has 1 saturated heterocycles. The number of likely N-dealkylation sites (tertiary alicyclic amines) is 1. The van der Waals surface area contributed by atoms with Gasteiger partial charge in [0.2, 0.25) is 0 Å². The lowest BCUT2D eigenvalue weighted by Crippen LogP contribution is -2.38. The van der Waals surface area contributed by atoms with Crippen molar-refractivity contribution in [3.05, 3.63) is 28.8 Å². The van der Waals surface area contributed by atoms with Crippen LogP contribution < -0.4 is 15.4 Å². The first-order chi connectivity index (χ1) is 12.6. The predicted molar refractivity (Wildman–Crippen MR) is 126 cm³/mol. The van der Waals surface area contributed by atoms with Crippen LogP contribution in [0.4, 0.5) is 0 Å². The monoisotopic (exact) mass is 508 g/mol. The van der Waals surface area contributed by atoms with E-state index >= 15 is 0 Å². The molecular weight excluding hydrogens is 475 g/mol. The molecule has 0 aromatic heterocycles. The van der Waals surface area contributed by atoms with Gasteiger partial charge in [-0.1, -0.05) is 17.7 Å². The Morgan fingerprint density at radius 3 is 2.67 bits per heavy atom. The van der Waals surface area contributed by atoms with E-state index in [9.17, 15) is 0 Å². The minimum atomic E-state index is 0. The van der Waals surface area contributed by atoms with Crippen molar-refractivity contribution < 1.29 is 4.74 Å². The first-order valence-corrected chi connectivity index (χ1v) is 10.0. The van der Waals surface area contributed by atoms with Crippen LogP contribution in [0.1, 0.15) is 31.7 Å². The number of benzene rings is 1. The zero-order chi connectivity index (χ0) is 18.8. The van der Waals surface area contributed by atoms with Crippen molar-refractivity contribution in [2.75, 3.05) is 46.9 Å². The van der Waals surface area contributed by atoms with Gasteiger partial charge in [0, 0.05) is 24.7 Å². The van der Waals surface area contributed by atoms with E-state index in [4.69, 9.17) is 21.3 Å². The normalized spacial score (nSPS) is 15.9. The molecule has 1 aromatic carbocycles. The van der Waals surface area contributed by atoms with Gasteiger partial charge in [0.15, 0.2) is 5.96 Å². The molecule has 0 bridgehead atoms. The number of ether oxygens (including phenoxy) is 1. The summed E-state index contributed by atoms with van der Waals surface area (Å²) in [5.41, 5.74) is 1.11. The Kier molecular flexibility index (Phi) is 12.1. The largest absolute Gasteiger partial charge is 0.497 e. The maximum atomic E-state index is 6.31. The quantitative estimate of drug-likeness (QED) is 0.319. The molecule has 1 aliphatic heterocycles.